The highest BCUT2D eigenvalue weighted by Gasteiger charge is 2.19. The predicted molar refractivity (Wildman–Crippen MR) is 130 cm³/mol. The maximum atomic E-state index is 11.9. The Balaban J connectivity index is 4.32. The van der Waals surface area contributed by atoms with Gasteiger partial charge in [0.1, 0.15) is 10.7 Å². The standard InChI is InChI=1S/C25H51O5S/c1-3-5-7-9-10-11-13-15-17-24(31(28)29)22-23(16-14-12-8-6-4-2)18-20-30-21-19-25(26)27/h23-26,31H,3-22H2,1-2H3. The van der Waals surface area contributed by atoms with Crippen molar-refractivity contribution in [2.45, 2.75) is 141 Å². The maximum absolute atomic E-state index is 11.9. The molecule has 1 N–H and O–H groups in total. The van der Waals surface area contributed by atoms with Gasteiger partial charge in [0.05, 0.1) is 11.9 Å². The van der Waals surface area contributed by atoms with Crippen molar-refractivity contribution in [1.82, 2.24) is 0 Å². The summed E-state index contributed by atoms with van der Waals surface area (Å²) in [4.78, 5) is 0. The van der Waals surface area contributed by atoms with Gasteiger partial charge in [-0.05, 0) is 25.2 Å². The molecular weight excluding hydrogens is 412 g/mol. The highest BCUT2D eigenvalue weighted by Crippen LogP contribution is 2.24. The van der Waals surface area contributed by atoms with Crippen LogP contribution in [-0.4, -0.2) is 38.3 Å². The molecule has 0 aliphatic rings. The van der Waals surface area contributed by atoms with E-state index in [0.717, 1.165) is 44.9 Å². The Morgan fingerprint density at radius 2 is 1.16 bits per heavy atom. The van der Waals surface area contributed by atoms with Gasteiger partial charge in [0, 0.05) is 13.0 Å². The molecule has 3 atom stereocenters. The summed E-state index contributed by atoms with van der Waals surface area (Å²) >= 11 is 0. The van der Waals surface area contributed by atoms with Crippen LogP contribution in [0.15, 0.2) is 0 Å². The van der Waals surface area contributed by atoms with Crippen LogP contribution in [0.1, 0.15) is 129 Å². The maximum Gasteiger partial charge on any atom is 0.191 e. The molecular formula is C25H51O5S. The summed E-state index contributed by atoms with van der Waals surface area (Å²) < 4.78 is 29.3. The fraction of sp³-hybridized carbons (Fsp3) is 1.00. The lowest BCUT2D eigenvalue weighted by molar-refractivity contribution is -0.107. The molecule has 0 amide bonds. The minimum absolute atomic E-state index is 0.106. The van der Waals surface area contributed by atoms with Crippen molar-refractivity contribution in [1.29, 1.82) is 0 Å². The number of unbranched alkanes of at least 4 members (excludes halogenated alkanes) is 11. The molecule has 0 aromatic carbocycles. The van der Waals surface area contributed by atoms with E-state index in [0.29, 0.717) is 12.5 Å². The second kappa shape index (κ2) is 23.0. The van der Waals surface area contributed by atoms with Crippen LogP contribution in [-0.2, 0) is 20.5 Å². The molecule has 0 fully saturated rings. The molecule has 0 saturated carbocycles. The summed E-state index contributed by atoms with van der Waals surface area (Å²) in [7, 11) is -2.40. The van der Waals surface area contributed by atoms with E-state index in [9.17, 15) is 13.5 Å². The average Bonchev–Trinajstić information content (AvgIpc) is 2.73. The van der Waals surface area contributed by atoms with E-state index in [1.165, 1.54) is 64.2 Å². The summed E-state index contributed by atoms with van der Waals surface area (Å²) in [6.07, 6.45) is 17.8. The SMILES string of the molecule is CCCCCCCCCCC(CC(CCCCCCC)CCOCCC([O])O)[SH](=O)=O. The Bertz CT molecular complexity index is 432. The normalized spacial score (nSPS) is 13.9. The van der Waals surface area contributed by atoms with E-state index in [4.69, 9.17) is 9.84 Å². The van der Waals surface area contributed by atoms with Crippen LogP contribution >= 0.6 is 0 Å². The lowest BCUT2D eigenvalue weighted by atomic mass is 9.91. The predicted octanol–water partition coefficient (Wildman–Crippen LogP) is 6.41. The van der Waals surface area contributed by atoms with Gasteiger partial charge in [-0.25, -0.2) is 13.5 Å². The Morgan fingerprint density at radius 3 is 1.68 bits per heavy atom. The molecule has 6 heteroatoms. The molecule has 5 nitrogen and oxygen atoms in total. The first kappa shape index (κ1) is 30.8. The molecule has 0 aromatic rings. The molecule has 0 bridgehead atoms. The summed E-state index contributed by atoms with van der Waals surface area (Å²) in [5, 5.41) is 19.3. The van der Waals surface area contributed by atoms with Crippen molar-refractivity contribution < 1.29 is 23.4 Å². The fourth-order valence-corrected chi connectivity index (χ4v) is 5.02. The third-order valence-corrected chi connectivity index (χ3v) is 7.26. The quantitative estimate of drug-likeness (QED) is 0.0984. The largest absolute Gasteiger partial charge is 0.381 e. The van der Waals surface area contributed by atoms with Crippen LogP contribution < -0.4 is 0 Å². The monoisotopic (exact) mass is 463 g/mol. The third kappa shape index (κ3) is 21.4. The van der Waals surface area contributed by atoms with Gasteiger partial charge in [-0.1, -0.05) is 104 Å². The van der Waals surface area contributed by atoms with Gasteiger partial charge in [-0.2, -0.15) is 0 Å². The summed E-state index contributed by atoms with van der Waals surface area (Å²) in [5.74, 6) is 0.353. The molecule has 31 heavy (non-hydrogen) atoms. The van der Waals surface area contributed by atoms with Crippen molar-refractivity contribution in [3.8, 4) is 0 Å². The summed E-state index contributed by atoms with van der Waals surface area (Å²) in [6.45, 7) is 5.24. The summed E-state index contributed by atoms with van der Waals surface area (Å²) in [6, 6.07) is 0. The third-order valence-electron chi connectivity index (χ3n) is 6.19. The number of hydrogen-bond donors (Lipinski definition) is 2. The number of rotatable bonds is 24. The molecule has 0 aromatic heterocycles. The highest BCUT2D eigenvalue weighted by atomic mass is 32.2. The van der Waals surface area contributed by atoms with E-state index >= 15 is 0 Å². The van der Waals surface area contributed by atoms with E-state index in [-0.39, 0.29) is 18.3 Å². The topological polar surface area (TPSA) is 83.5 Å². The minimum atomic E-state index is -2.40. The zero-order valence-electron chi connectivity index (χ0n) is 20.4. The van der Waals surface area contributed by atoms with Crippen LogP contribution in [0, 0.1) is 5.92 Å². The Morgan fingerprint density at radius 1 is 0.677 bits per heavy atom. The number of aliphatic hydroxyl groups is 1. The number of aliphatic hydroxyl groups excluding tert-OH is 1. The first-order valence-electron chi connectivity index (χ1n) is 13.1. The van der Waals surface area contributed by atoms with E-state index in [1.54, 1.807) is 0 Å². The molecule has 187 valence electrons. The van der Waals surface area contributed by atoms with Crippen molar-refractivity contribution in [2.75, 3.05) is 13.2 Å². The zero-order valence-corrected chi connectivity index (χ0v) is 21.3. The molecule has 0 heterocycles. The lowest BCUT2D eigenvalue weighted by Crippen LogP contribution is -2.18. The van der Waals surface area contributed by atoms with Crippen LogP contribution in [0.3, 0.4) is 0 Å². The van der Waals surface area contributed by atoms with Gasteiger partial charge in [0.15, 0.2) is 6.29 Å². The molecule has 3 unspecified atom stereocenters. The van der Waals surface area contributed by atoms with E-state index in [1.807, 2.05) is 0 Å². The average molecular weight is 464 g/mol. The summed E-state index contributed by atoms with van der Waals surface area (Å²) in [5.41, 5.74) is 0. The minimum Gasteiger partial charge on any atom is -0.381 e. The van der Waals surface area contributed by atoms with Crippen molar-refractivity contribution >= 4 is 10.7 Å². The van der Waals surface area contributed by atoms with Crippen LogP contribution in [0.4, 0.5) is 0 Å². The Labute approximate surface area is 194 Å². The van der Waals surface area contributed by atoms with Gasteiger partial charge in [-0.3, -0.25) is 0 Å². The Kier molecular flexibility index (Phi) is 22.9. The van der Waals surface area contributed by atoms with Gasteiger partial charge < -0.3 is 9.84 Å². The number of ether oxygens (including phenoxy) is 1. The number of thiol groups is 1. The van der Waals surface area contributed by atoms with Gasteiger partial charge in [0.25, 0.3) is 0 Å². The smallest absolute Gasteiger partial charge is 0.191 e. The molecule has 0 spiro atoms. The molecule has 0 aliphatic heterocycles. The van der Waals surface area contributed by atoms with Gasteiger partial charge >= 0.3 is 0 Å². The second-order valence-electron chi connectivity index (χ2n) is 9.15. The molecule has 0 rings (SSSR count). The highest BCUT2D eigenvalue weighted by molar-refractivity contribution is 7.73. The second-order valence-corrected chi connectivity index (χ2v) is 10.5. The first-order chi connectivity index (χ1) is 15.0. The van der Waals surface area contributed by atoms with E-state index < -0.39 is 17.0 Å². The lowest BCUT2D eigenvalue weighted by Gasteiger charge is -2.21. The zero-order chi connectivity index (χ0) is 23.2. The van der Waals surface area contributed by atoms with Crippen LogP contribution in [0.25, 0.3) is 0 Å². The Hall–Kier alpha value is -0.170. The van der Waals surface area contributed by atoms with Crippen molar-refractivity contribution in [2.24, 2.45) is 5.92 Å². The van der Waals surface area contributed by atoms with Gasteiger partial charge in [0.2, 0.25) is 0 Å². The fourth-order valence-electron chi connectivity index (χ4n) is 4.16. The first-order valence-corrected chi connectivity index (χ1v) is 14.3. The van der Waals surface area contributed by atoms with Crippen LogP contribution in [0.2, 0.25) is 0 Å². The van der Waals surface area contributed by atoms with E-state index in [2.05, 4.69) is 13.8 Å². The number of hydrogen-bond acceptors (Lipinski definition) is 4. The molecule has 0 saturated heterocycles. The molecule has 0 aliphatic carbocycles. The van der Waals surface area contributed by atoms with Gasteiger partial charge in [-0.15, -0.1) is 0 Å². The molecule has 1 radical (unpaired) electrons. The van der Waals surface area contributed by atoms with Crippen molar-refractivity contribution in [3.05, 3.63) is 0 Å². The van der Waals surface area contributed by atoms with Crippen LogP contribution in [0.5, 0.6) is 0 Å². The van der Waals surface area contributed by atoms with Crippen molar-refractivity contribution in [3.63, 3.8) is 0 Å².